The molecule has 0 radical (unpaired) electrons. The van der Waals surface area contributed by atoms with Gasteiger partial charge in [0.15, 0.2) is 0 Å². The number of rotatable bonds is 3. The van der Waals surface area contributed by atoms with Gasteiger partial charge in [0, 0.05) is 12.1 Å². The summed E-state index contributed by atoms with van der Waals surface area (Å²) < 4.78 is 5.19. The van der Waals surface area contributed by atoms with Crippen LogP contribution in [0.2, 0.25) is 5.02 Å². The molecule has 2 aromatic carbocycles. The van der Waals surface area contributed by atoms with Gasteiger partial charge < -0.3 is 4.74 Å². The molecule has 0 amide bonds. The van der Waals surface area contributed by atoms with E-state index in [2.05, 4.69) is 12.1 Å². The Morgan fingerprint density at radius 2 is 1.69 bits per heavy atom. The summed E-state index contributed by atoms with van der Waals surface area (Å²) in [5.74, 6) is 0. The van der Waals surface area contributed by atoms with Gasteiger partial charge in [0.1, 0.15) is 0 Å². The lowest BCUT2D eigenvalue weighted by Gasteiger charge is -2.08. The van der Waals surface area contributed by atoms with Crippen molar-refractivity contribution >= 4 is 11.6 Å². The van der Waals surface area contributed by atoms with Gasteiger partial charge in [0.2, 0.25) is 0 Å². The molecule has 0 heterocycles. The normalized spacial score (nSPS) is 10.4. The van der Waals surface area contributed by atoms with Gasteiger partial charge in [-0.05, 0) is 28.8 Å². The first-order chi connectivity index (χ1) is 7.81. The second kappa shape index (κ2) is 5.15. The Kier molecular flexibility index (Phi) is 3.60. The third-order valence-electron chi connectivity index (χ3n) is 2.47. The van der Waals surface area contributed by atoms with Gasteiger partial charge in [-0.25, -0.2) is 0 Å². The largest absolute Gasteiger partial charge is 0.380 e. The van der Waals surface area contributed by atoms with Crippen LogP contribution in [0.4, 0.5) is 0 Å². The van der Waals surface area contributed by atoms with Gasteiger partial charge in [-0.3, -0.25) is 0 Å². The minimum Gasteiger partial charge on any atom is -0.380 e. The number of halogens is 1. The highest BCUT2D eigenvalue weighted by atomic mass is 35.5. The van der Waals surface area contributed by atoms with Crippen molar-refractivity contribution < 1.29 is 4.74 Å². The lowest BCUT2D eigenvalue weighted by Crippen LogP contribution is -1.91. The zero-order valence-electron chi connectivity index (χ0n) is 9.11. The molecule has 0 unspecified atom stereocenters. The third-order valence-corrected chi connectivity index (χ3v) is 2.72. The van der Waals surface area contributed by atoms with Crippen molar-refractivity contribution in [1.82, 2.24) is 0 Å². The van der Waals surface area contributed by atoms with Crippen LogP contribution in [0.25, 0.3) is 11.1 Å². The molecule has 16 heavy (non-hydrogen) atoms. The average Bonchev–Trinajstić information content (AvgIpc) is 2.32. The highest BCUT2D eigenvalue weighted by Crippen LogP contribution is 2.25. The number of methoxy groups -OCH3 is 1. The van der Waals surface area contributed by atoms with E-state index in [1.807, 2.05) is 36.4 Å². The molecule has 0 aromatic heterocycles. The van der Waals surface area contributed by atoms with E-state index in [0.29, 0.717) is 6.61 Å². The molecular formula is C14H13ClO. The van der Waals surface area contributed by atoms with Crippen molar-refractivity contribution in [1.29, 1.82) is 0 Å². The molecule has 2 rings (SSSR count). The predicted molar refractivity (Wildman–Crippen MR) is 67.6 cm³/mol. The Hall–Kier alpha value is -1.31. The predicted octanol–water partition coefficient (Wildman–Crippen LogP) is 4.15. The van der Waals surface area contributed by atoms with Crippen molar-refractivity contribution in [3.05, 3.63) is 59.1 Å². The van der Waals surface area contributed by atoms with Crippen LogP contribution in [0.3, 0.4) is 0 Å². The van der Waals surface area contributed by atoms with E-state index in [1.165, 1.54) is 11.1 Å². The summed E-state index contributed by atoms with van der Waals surface area (Å²) in [6.45, 7) is 0.624. The standard InChI is InChI=1S/C14H13ClO/c1-16-10-12-4-2-3-5-14(12)11-6-8-13(15)9-7-11/h2-9H,10H2,1H3. The number of benzene rings is 2. The Balaban J connectivity index is 2.42. The summed E-state index contributed by atoms with van der Waals surface area (Å²) in [4.78, 5) is 0. The van der Waals surface area contributed by atoms with Crippen LogP contribution in [0, 0.1) is 0 Å². The van der Waals surface area contributed by atoms with Gasteiger partial charge >= 0.3 is 0 Å². The van der Waals surface area contributed by atoms with E-state index in [-0.39, 0.29) is 0 Å². The maximum absolute atomic E-state index is 5.88. The maximum Gasteiger partial charge on any atom is 0.0719 e. The second-order valence-electron chi connectivity index (χ2n) is 3.60. The van der Waals surface area contributed by atoms with Crippen molar-refractivity contribution in [3.8, 4) is 11.1 Å². The van der Waals surface area contributed by atoms with Crippen LogP contribution in [0.5, 0.6) is 0 Å². The molecule has 0 atom stereocenters. The van der Waals surface area contributed by atoms with Crippen LogP contribution >= 0.6 is 11.6 Å². The lowest BCUT2D eigenvalue weighted by atomic mass is 10.0. The highest BCUT2D eigenvalue weighted by molar-refractivity contribution is 6.30. The molecule has 0 spiro atoms. The minimum absolute atomic E-state index is 0.624. The molecule has 0 N–H and O–H groups in total. The summed E-state index contributed by atoms with van der Waals surface area (Å²) >= 11 is 5.88. The molecule has 0 fully saturated rings. The quantitative estimate of drug-likeness (QED) is 0.773. The van der Waals surface area contributed by atoms with Crippen LogP contribution in [0.15, 0.2) is 48.5 Å². The Bertz CT molecular complexity index is 462. The van der Waals surface area contributed by atoms with Gasteiger partial charge in [-0.15, -0.1) is 0 Å². The van der Waals surface area contributed by atoms with Crippen molar-refractivity contribution in [2.45, 2.75) is 6.61 Å². The second-order valence-corrected chi connectivity index (χ2v) is 4.03. The van der Waals surface area contributed by atoms with Gasteiger partial charge in [-0.1, -0.05) is 48.0 Å². The SMILES string of the molecule is COCc1ccccc1-c1ccc(Cl)cc1. The topological polar surface area (TPSA) is 9.23 Å². The molecule has 1 nitrogen and oxygen atoms in total. The van der Waals surface area contributed by atoms with Crippen LogP contribution in [-0.2, 0) is 11.3 Å². The molecule has 82 valence electrons. The van der Waals surface area contributed by atoms with E-state index in [1.54, 1.807) is 7.11 Å². The first-order valence-corrected chi connectivity index (χ1v) is 5.52. The summed E-state index contributed by atoms with van der Waals surface area (Å²) in [5, 5.41) is 0.757. The zero-order valence-corrected chi connectivity index (χ0v) is 9.87. The fourth-order valence-electron chi connectivity index (χ4n) is 1.71. The molecule has 2 aromatic rings. The molecule has 0 saturated carbocycles. The highest BCUT2D eigenvalue weighted by Gasteiger charge is 2.03. The molecule has 0 aliphatic heterocycles. The molecule has 0 aliphatic rings. The van der Waals surface area contributed by atoms with Crippen molar-refractivity contribution in [2.24, 2.45) is 0 Å². The van der Waals surface area contributed by atoms with Gasteiger partial charge in [-0.2, -0.15) is 0 Å². The van der Waals surface area contributed by atoms with Crippen molar-refractivity contribution in [3.63, 3.8) is 0 Å². The molecule has 0 saturated heterocycles. The summed E-state index contributed by atoms with van der Waals surface area (Å²) in [6, 6.07) is 16.1. The molecule has 0 bridgehead atoms. The summed E-state index contributed by atoms with van der Waals surface area (Å²) in [6.07, 6.45) is 0. The average molecular weight is 233 g/mol. The summed E-state index contributed by atoms with van der Waals surface area (Å²) in [7, 11) is 1.71. The van der Waals surface area contributed by atoms with Crippen LogP contribution < -0.4 is 0 Å². The van der Waals surface area contributed by atoms with Gasteiger partial charge in [0.05, 0.1) is 6.61 Å². The molecule has 0 aliphatic carbocycles. The van der Waals surface area contributed by atoms with E-state index >= 15 is 0 Å². The summed E-state index contributed by atoms with van der Waals surface area (Å²) in [5.41, 5.74) is 3.55. The monoisotopic (exact) mass is 232 g/mol. The fraction of sp³-hybridized carbons (Fsp3) is 0.143. The number of hydrogen-bond acceptors (Lipinski definition) is 1. The van der Waals surface area contributed by atoms with Gasteiger partial charge in [0.25, 0.3) is 0 Å². The minimum atomic E-state index is 0.624. The van der Waals surface area contributed by atoms with E-state index in [4.69, 9.17) is 16.3 Å². The van der Waals surface area contributed by atoms with Crippen LogP contribution in [0.1, 0.15) is 5.56 Å². The fourth-order valence-corrected chi connectivity index (χ4v) is 1.84. The first-order valence-electron chi connectivity index (χ1n) is 5.14. The van der Waals surface area contributed by atoms with E-state index in [9.17, 15) is 0 Å². The Labute approximate surface area is 101 Å². The molecular weight excluding hydrogens is 220 g/mol. The Morgan fingerprint density at radius 1 is 1.00 bits per heavy atom. The van der Waals surface area contributed by atoms with Crippen molar-refractivity contribution in [2.75, 3.05) is 7.11 Å². The third kappa shape index (κ3) is 2.43. The molecule has 2 heteroatoms. The van der Waals surface area contributed by atoms with Crippen LogP contribution in [-0.4, -0.2) is 7.11 Å². The maximum atomic E-state index is 5.88. The first kappa shape index (κ1) is 11.2. The Morgan fingerprint density at radius 3 is 2.38 bits per heavy atom. The van der Waals surface area contributed by atoms with E-state index in [0.717, 1.165) is 10.6 Å². The van der Waals surface area contributed by atoms with E-state index < -0.39 is 0 Å². The number of hydrogen-bond donors (Lipinski definition) is 0. The lowest BCUT2D eigenvalue weighted by molar-refractivity contribution is 0.185. The number of ether oxygens (including phenoxy) is 1. The zero-order chi connectivity index (χ0) is 11.4. The smallest absolute Gasteiger partial charge is 0.0719 e.